The number of ether oxygens (including phenoxy) is 2. The van der Waals surface area contributed by atoms with Crippen LogP contribution in [0.1, 0.15) is 29.3 Å². The Labute approximate surface area is 150 Å². The van der Waals surface area contributed by atoms with Crippen LogP contribution >= 0.6 is 27.3 Å². The summed E-state index contributed by atoms with van der Waals surface area (Å²) in [6, 6.07) is 8.73. The minimum Gasteiger partial charge on any atom is -0.496 e. The predicted octanol–water partition coefficient (Wildman–Crippen LogP) is 4.49. The van der Waals surface area contributed by atoms with E-state index in [0.29, 0.717) is 21.7 Å². The van der Waals surface area contributed by atoms with Gasteiger partial charge in [-0.25, -0.2) is 4.79 Å². The molecule has 0 aliphatic carbocycles. The van der Waals surface area contributed by atoms with E-state index in [2.05, 4.69) is 26.1 Å². The zero-order valence-electron chi connectivity index (χ0n) is 12.9. The van der Waals surface area contributed by atoms with Crippen molar-refractivity contribution in [2.24, 2.45) is 0 Å². The highest BCUT2D eigenvalue weighted by Crippen LogP contribution is 2.28. The van der Waals surface area contributed by atoms with E-state index in [-0.39, 0.29) is 5.89 Å². The second kappa shape index (κ2) is 7.14. The van der Waals surface area contributed by atoms with Gasteiger partial charge in [-0.05, 0) is 52.5 Å². The van der Waals surface area contributed by atoms with Crippen molar-refractivity contribution in [3.8, 4) is 16.5 Å². The van der Waals surface area contributed by atoms with Crippen molar-refractivity contribution in [2.75, 3.05) is 7.11 Å². The summed E-state index contributed by atoms with van der Waals surface area (Å²) in [5.41, 5.74) is 0.396. The van der Waals surface area contributed by atoms with Crippen molar-refractivity contribution >= 4 is 33.2 Å². The van der Waals surface area contributed by atoms with Gasteiger partial charge in [0.15, 0.2) is 6.10 Å². The van der Waals surface area contributed by atoms with Gasteiger partial charge in [-0.3, -0.25) is 0 Å². The Kier molecular flexibility index (Phi) is 4.96. The molecule has 0 aliphatic heterocycles. The standard InChI is InChI=1S/C16H13BrN2O4S/c1-9(14-18-19-15(23-14)13-4-3-7-24-13)22-16(20)10-5-6-12(21-2)11(17)8-10/h3-9H,1-2H3/t9-/m1/s1. The number of carbonyl (C=O) groups excluding carboxylic acids is 1. The monoisotopic (exact) mass is 408 g/mol. The van der Waals surface area contributed by atoms with Crippen LogP contribution in [0.25, 0.3) is 10.8 Å². The quantitative estimate of drug-likeness (QED) is 0.579. The van der Waals surface area contributed by atoms with E-state index in [1.807, 2.05) is 17.5 Å². The lowest BCUT2D eigenvalue weighted by Crippen LogP contribution is -2.09. The molecule has 2 aromatic heterocycles. The van der Waals surface area contributed by atoms with Crippen molar-refractivity contribution < 1.29 is 18.7 Å². The number of nitrogens with zero attached hydrogens (tertiary/aromatic N) is 2. The Morgan fingerprint density at radius 1 is 1.33 bits per heavy atom. The summed E-state index contributed by atoms with van der Waals surface area (Å²) < 4.78 is 16.8. The normalized spacial score (nSPS) is 12.0. The fourth-order valence-electron chi connectivity index (χ4n) is 1.97. The summed E-state index contributed by atoms with van der Waals surface area (Å²) in [5.74, 6) is 0.813. The highest BCUT2D eigenvalue weighted by Gasteiger charge is 2.20. The number of hydrogen-bond donors (Lipinski definition) is 0. The molecule has 0 bridgehead atoms. The number of benzene rings is 1. The van der Waals surface area contributed by atoms with Crippen LogP contribution in [0.2, 0.25) is 0 Å². The minimum absolute atomic E-state index is 0.249. The van der Waals surface area contributed by atoms with Crippen LogP contribution in [0.3, 0.4) is 0 Å². The molecule has 0 unspecified atom stereocenters. The van der Waals surface area contributed by atoms with E-state index in [9.17, 15) is 4.79 Å². The molecule has 0 fully saturated rings. The molecule has 0 saturated carbocycles. The van der Waals surface area contributed by atoms with Crippen LogP contribution in [-0.2, 0) is 4.74 Å². The van der Waals surface area contributed by atoms with Crippen LogP contribution in [0.5, 0.6) is 5.75 Å². The molecule has 2 heterocycles. The molecule has 0 aliphatic rings. The number of carbonyl (C=O) groups is 1. The third-order valence-electron chi connectivity index (χ3n) is 3.19. The lowest BCUT2D eigenvalue weighted by Gasteiger charge is -2.10. The van der Waals surface area contributed by atoms with Crippen LogP contribution in [-0.4, -0.2) is 23.3 Å². The molecule has 3 aromatic rings. The van der Waals surface area contributed by atoms with Crippen molar-refractivity contribution in [2.45, 2.75) is 13.0 Å². The molecule has 124 valence electrons. The van der Waals surface area contributed by atoms with Gasteiger partial charge in [0.05, 0.1) is 22.0 Å². The van der Waals surface area contributed by atoms with Crippen molar-refractivity contribution in [3.63, 3.8) is 0 Å². The van der Waals surface area contributed by atoms with Gasteiger partial charge >= 0.3 is 5.97 Å². The smallest absolute Gasteiger partial charge is 0.338 e. The molecular formula is C16H13BrN2O4S. The van der Waals surface area contributed by atoms with Crippen LogP contribution < -0.4 is 4.74 Å². The van der Waals surface area contributed by atoms with Gasteiger partial charge in [0.25, 0.3) is 11.8 Å². The lowest BCUT2D eigenvalue weighted by atomic mass is 10.2. The maximum Gasteiger partial charge on any atom is 0.338 e. The summed E-state index contributed by atoms with van der Waals surface area (Å²) >= 11 is 4.84. The van der Waals surface area contributed by atoms with Crippen LogP contribution in [0.15, 0.2) is 44.6 Å². The number of esters is 1. The van der Waals surface area contributed by atoms with E-state index >= 15 is 0 Å². The van der Waals surface area contributed by atoms with Gasteiger partial charge in [0.1, 0.15) is 5.75 Å². The van der Waals surface area contributed by atoms with E-state index in [4.69, 9.17) is 13.9 Å². The largest absolute Gasteiger partial charge is 0.496 e. The van der Waals surface area contributed by atoms with Crippen molar-refractivity contribution in [1.29, 1.82) is 0 Å². The first-order valence-corrected chi connectivity index (χ1v) is 8.67. The molecule has 1 aromatic carbocycles. The molecule has 24 heavy (non-hydrogen) atoms. The number of methoxy groups -OCH3 is 1. The van der Waals surface area contributed by atoms with E-state index in [1.165, 1.54) is 11.3 Å². The molecular weight excluding hydrogens is 396 g/mol. The number of aromatic nitrogens is 2. The highest BCUT2D eigenvalue weighted by molar-refractivity contribution is 9.10. The third kappa shape index (κ3) is 3.49. The maximum absolute atomic E-state index is 12.2. The Morgan fingerprint density at radius 2 is 2.17 bits per heavy atom. The minimum atomic E-state index is -0.653. The maximum atomic E-state index is 12.2. The first-order valence-electron chi connectivity index (χ1n) is 7.00. The fraction of sp³-hybridized carbons (Fsp3) is 0.188. The predicted molar refractivity (Wildman–Crippen MR) is 92.1 cm³/mol. The van der Waals surface area contributed by atoms with Gasteiger partial charge < -0.3 is 13.9 Å². The average molecular weight is 409 g/mol. The molecule has 6 nitrogen and oxygen atoms in total. The summed E-state index contributed by atoms with van der Waals surface area (Å²) in [5, 5.41) is 9.84. The first kappa shape index (κ1) is 16.7. The first-order chi connectivity index (χ1) is 11.6. The fourth-order valence-corrected chi connectivity index (χ4v) is 3.16. The number of thiophene rings is 1. The molecule has 8 heteroatoms. The Balaban J connectivity index is 1.71. The van der Waals surface area contributed by atoms with Gasteiger partial charge in [0, 0.05) is 0 Å². The van der Waals surface area contributed by atoms with Crippen molar-refractivity contribution in [3.05, 3.63) is 51.6 Å². The Hall–Kier alpha value is -2.19. The molecule has 0 N–H and O–H groups in total. The average Bonchev–Trinajstić information content (AvgIpc) is 3.25. The van der Waals surface area contributed by atoms with Gasteiger partial charge in [-0.2, -0.15) is 0 Å². The highest BCUT2D eigenvalue weighted by atomic mass is 79.9. The van der Waals surface area contributed by atoms with Gasteiger partial charge in [-0.15, -0.1) is 21.5 Å². The molecule has 0 amide bonds. The Morgan fingerprint density at radius 3 is 2.83 bits per heavy atom. The summed E-state index contributed by atoms with van der Waals surface area (Å²) in [6.45, 7) is 1.68. The van der Waals surface area contributed by atoms with E-state index < -0.39 is 12.1 Å². The number of hydrogen-bond acceptors (Lipinski definition) is 7. The molecule has 3 rings (SSSR count). The van der Waals surface area contributed by atoms with Crippen LogP contribution in [0.4, 0.5) is 0 Å². The summed E-state index contributed by atoms with van der Waals surface area (Å²) in [6.07, 6.45) is -0.653. The molecule has 0 radical (unpaired) electrons. The van der Waals surface area contributed by atoms with Gasteiger partial charge in [0.2, 0.25) is 0 Å². The number of rotatable bonds is 5. The second-order valence-electron chi connectivity index (χ2n) is 4.82. The van der Waals surface area contributed by atoms with Crippen molar-refractivity contribution in [1.82, 2.24) is 10.2 Å². The van der Waals surface area contributed by atoms with Crippen LogP contribution in [0, 0.1) is 0 Å². The second-order valence-corrected chi connectivity index (χ2v) is 6.62. The molecule has 0 saturated heterocycles. The lowest BCUT2D eigenvalue weighted by molar-refractivity contribution is 0.0280. The van der Waals surface area contributed by atoms with E-state index in [1.54, 1.807) is 32.2 Å². The van der Waals surface area contributed by atoms with Gasteiger partial charge in [-0.1, -0.05) is 6.07 Å². The topological polar surface area (TPSA) is 74.5 Å². The molecule has 0 spiro atoms. The van der Waals surface area contributed by atoms with E-state index in [0.717, 1.165) is 4.88 Å². The molecule has 1 atom stereocenters. The zero-order valence-corrected chi connectivity index (χ0v) is 15.3. The zero-order chi connectivity index (χ0) is 17.1. The Bertz CT molecular complexity index is 848. The summed E-state index contributed by atoms with van der Waals surface area (Å²) in [4.78, 5) is 13.1. The summed E-state index contributed by atoms with van der Waals surface area (Å²) in [7, 11) is 1.56. The SMILES string of the molecule is COc1ccc(C(=O)O[C@H](C)c2nnc(-c3cccs3)o2)cc1Br. The number of halogens is 1. The third-order valence-corrected chi connectivity index (χ3v) is 4.67.